The SMILES string of the molecule is CCCCN1C(=O)[C@@H]([C@H](O)C2CCOCC2)NC(=O)C12CCN(Cc1ccc(Oc3ccc(C(=O)NCC4CC4)cc3)cc1)CC2.Cl. The van der Waals surface area contributed by atoms with E-state index in [-0.39, 0.29) is 36.0 Å². The van der Waals surface area contributed by atoms with Gasteiger partial charge < -0.3 is 30.1 Å². The fourth-order valence-corrected chi connectivity index (χ4v) is 7.01. The highest BCUT2D eigenvalue weighted by Crippen LogP contribution is 2.36. The first kappa shape index (κ1) is 35.1. The second-order valence-corrected chi connectivity index (χ2v) is 13.5. The molecule has 3 saturated heterocycles. The maximum absolute atomic E-state index is 13.8. The highest BCUT2D eigenvalue weighted by molar-refractivity contribution is 6.00. The number of halogens is 1. The van der Waals surface area contributed by atoms with E-state index in [2.05, 4.69) is 22.5 Å². The van der Waals surface area contributed by atoms with Crippen molar-refractivity contribution in [1.82, 2.24) is 20.4 Å². The number of ether oxygens (including phenoxy) is 2. The van der Waals surface area contributed by atoms with E-state index >= 15 is 0 Å². The normalized spacial score (nSPS) is 22.3. The van der Waals surface area contributed by atoms with E-state index in [0.717, 1.165) is 31.5 Å². The molecule has 3 heterocycles. The summed E-state index contributed by atoms with van der Waals surface area (Å²) in [5.41, 5.74) is 0.889. The Morgan fingerprint density at radius 2 is 1.66 bits per heavy atom. The molecule has 4 fully saturated rings. The molecule has 10 nitrogen and oxygen atoms in total. The molecule has 3 N–H and O–H groups in total. The summed E-state index contributed by atoms with van der Waals surface area (Å²) in [6, 6.07) is 14.3. The molecule has 3 amide bonds. The molecule has 1 aliphatic carbocycles. The van der Waals surface area contributed by atoms with Gasteiger partial charge in [-0.15, -0.1) is 12.4 Å². The first-order valence-corrected chi connectivity index (χ1v) is 17.1. The minimum absolute atomic E-state index is 0. The van der Waals surface area contributed by atoms with Crippen LogP contribution in [-0.2, 0) is 20.9 Å². The Morgan fingerprint density at radius 3 is 2.28 bits per heavy atom. The molecule has 2 aromatic rings. The van der Waals surface area contributed by atoms with E-state index in [0.29, 0.717) is 81.5 Å². The van der Waals surface area contributed by atoms with Crippen LogP contribution < -0.4 is 15.4 Å². The summed E-state index contributed by atoms with van der Waals surface area (Å²) in [5.74, 6) is 1.64. The zero-order valence-corrected chi connectivity index (χ0v) is 28.1. The Kier molecular flexibility index (Phi) is 11.8. The maximum Gasteiger partial charge on any atom is 0.251 e. The molecule has 0 aromatic heterocycles. The van der Waals surface area contributed by atoms with E-state index in [1.165, 1.54) is 12.8 Å². The molecule has 47 heavy (non-hydrogen) atoms. The van der Waals surface area contributed by atoms with Gasteiger partial charge in [-0.2, -0.15) is 0 Å². The van der Waals surface area contributed by atoms with Crippen LogP contribution in [0.5, 0.6) is 11.5 Å². The smallest absolute Gasteiger partial charge is 0.251 e. The number of carbonyl (C=O) groups is 3. The van der Waals surface area contributed by atoms with Crippen LogP contribution in [-0.4, -0.2) is 89.7 Å². The zero-order valence-electron chi connectivity index (χ0n) is 27.3. The van der Waals surface area contributed by atoms with E-state index < -0.39 is 17.7 Å². The minimum atomic E-state index is -0.906. The predicted molar refractivity (Wildman–Crippen MR) is 181 cm³/mol. The quantitative estimate of drug-likeness (QED) is 0.309. The number of hydrogen-bond acceptors (Lipinski definition) is 7. The summed E-state index contributed by atoms with van der Waals surface area (Å²) in [7, 11) is 0. The van der Waals surface area contributed by atoms with E-state index in [4.69, 9.17) is 9.47 Å². The summed E-state index contributed by atoms with van der Waals surface area (Å²) in [5, 5.41) is 17.1. The number of piperazine rings is 1. The molecule has 3 aliphatic heterocycles. The van der Waals surface area contributed by atoms with E-state index in [1.807, 2.05) is 36.4 Å². The van der Waals surface area contributed by atoms with E-state index in [1.54, 1.807) is 17.0 Å². The summed E-state index contributed by atoms with van der Waals surface area (Å²) in [6.07, 6.45) is 5.74. The predicted octanol–water partition coefficient (Wildman–Crippen LogP) is 4.29. The van der Waals surface area contributed by atoms with Gasteiger partial charge in [-0.3, -0.25) is 19.3 Å². The van der Waals surface area contributed by atoms with Gasteiger partial charge in [0.15, 0.2) is 0 Å². The Morgan fingerprint density at radius 1 is 1.02 bits per heavy atom. The van der Waals surface area contributed by atoms with Gasteiger partial charge in [0.05, 0.1) is 6.10 Å². The largest absolute Gasteiger partial charge is 0.457 e. The highest BCUT2D eigenvalue weighted by atomic mass is 35.5. The number of likely N-dealkylation sites (tertiary alicyclic amines) is 1. The van der Waals surface area contributed by atoms with Gasteiger partial charge in [0.25, 0.3) is 5.91 Å². The number of benzene rings is 2. The standard InChI is InChI=1S/C36H48N4O6.ClH/c1-2-3-18-40-34(43)31(32(41)27-14-21-45-22-15-27)38-35(44)36(40)16-19-39(20-17-36)24-26-6-10-29(11-7-26)46-30-12-8-28(9-13-30)33(42)37-23-25-4-5-25;/h6-13,25,27,31-32,41H,2-5,14-24H2,1H3,(H,37,42)(H,38,44);1H/t31-,32-;/m1./s1. The highest BCUT2D eigenvalue weighted by Gasteiger charge is 2.55. The van der Waals surface area contributed by atoms with Crippen LogP contribution in [0.2, 0.25) is 0 Å². The van der Waals surface area contributed by atoms with Crippen LogP contribution in [0.15, 0.2) is 48.5 Å². The van der Waals surface area contributed by atoms with Crippen LogP contribution in [0.1, 0.15) is 74.2 Å². The molecule has 6 rings (SSSR count). The molecule has 2 atom stereocenters. The number of hydrogen-bond donors (Lipinski definition) is 3. The van der Waals surface area contributed by atoms with Crippen LogP contribution in [0.4, 0.5) is 0 Å². The van der Waals surface area contributed by atoms with Crippen molar-refractivity contribution in [2.24, 2.45) is 11.8 Å². The van der Waals surface area contributed by atoms with Crippen molar-refractivity contribution < 1.29 is 29.0 Å². The molecule has 0 unspecified atom stereocenters. The lowest BCUT2D eigenvalue weighted by Crippen LogP contribution is -2.75. The third kappa shape index (κ3) is 8.28. The molecule has 1 saturated carbocycles. The zero-order chi connectivity index (χ0) is 32.1. The van der Waals surface area contributed by atoms with Crippen molar-refractivity contribution in [1.29, 1.82) is 0 Å². The van der Waals surface area contributed by atoms with Crippen LogP contribution in [0.25, 0.3) is 0 Å². The molecule has 2 aromatic carbocycles. The van der Waals surface area contributed by atoms with Crippen molar-refractivity contribution in [2.45, 2.75) is 82.5 Å². The van der Waals surface area contributed by atoms with E-state index in [9.17, 15) is 19.5 Å². The monoisotopic (exact) mass is 668 g/mol. The molecule has 4 aliphatic rings. The lowest BCUT2D eigenvalue weighted by atomic mass is 9.79. The van der Waals surface area contributed by atoms with Gasteiger partial charge in [0.1, 0.15) is 23.1 Å². The Bertz CT molecular complexity index is 1350. The molecule has 11 heteroatoms. The summed E-state index contributed by atoms with van der Waals surface area (Å²) in [6.45, 7) is 6.61. The van der Waals surface area contributed by atoms with Gasteiger partial charge in [-0.05, 0) is 98.7 Å². The van der Waals surface area contributed by atoms with Crippen molar-refractivity contribution >= 4 is 30.1 Å². The van der Waals surface area contributed by atoms with Crippen LogP contribution >= 0.6 is 12.4 Å². The first-order valence-electron chi connectivity index (χ1n) is 17.1. The van der Waals surface area contributed by atoms with Crippen molar-refractivity contribution in [3.8, 4) is 11.5 Å². The number of piperidine rings is 1. The lowest BCUT2D eigenvalue weighted by molar-refractivity contribution is -0.166. The summed E-state index contributed by atoms with van der Waals surface area (Å²) >= 11 is 0. The fraction of sp³-hybridized carbons (Fsp3) is 0.583. The average Bonchev–Trinajstić information content (AvgIpc) is 3.92. The number of unbranched alkanes of at least 4 members (excludes halogenated alkanes) is 1. The average molecular weight is 669 g/mol. The third-order valence-corrected chi connectivity index (χ3v) is 10.2. The number of aliphatic hydroxyl groups is 1. The lowest BCUT2D eigenvalue weighted by Gasteiger charge is -2.52. The second kappa shape index (κ2) is 15.8. The van der Waals surface area contributed by atoms with Gasteiger partial charge in [0, 0.05) is 51.5 Å². The van der Waals surface area contributed by atoms with Gasteiger partial charge in [-0.25, -0.2) is 0 Å². The number of nitrogens with zero attached hydrogens (tertiary/aromatic N) is 2. The minimum Gasteiger partial charge on any atom is -0.457 e. The van der Waals surface area contributed by atoms with Crippen molar-refractivity contribution in [3.63, 3.8) is 0 Å². The Balaban J connectivity index is 0.00000433. The maximum atomic E-state index is 13.8. The first-order chi connectivity index (χ1) is 22.4. The van der Waals surface area contributed by atoms with Crippen LogP contribution in [0, 0.1) is 11.8 Å². The third-order valence-electron chi connectivity index (χ3n) is 10.2. The molecular formula is C36H49ClN4O6. The molecule has 0 bridgehead atoms. The number of carbonyl (C=O) groups excluding carboxylic acids is 3. The fourth-order valence-electron chi connectivity index (χ4n) is 7.01. The molecular weight excluding hydrogens is 620 g/mol. The summed E-state index contributed by atoms with van der Waals surface area (Å²) < 4.78 is 11.5. The second-order valence-electron chi connectivity index (χ2n) is 13.5. The van der Waals surface area contributed by atoms with Gasteiger partial charge in [-0.1, -0.05) is 25.5 Å². The van der Waals surface area contributed by atoms with Crippen LogP contribution in [0.3, 0.4) is 0 Å². The summed E-state index contributed by atoms with van der Waals surface area (Å²) in [4.78, 5) is 44.0. The molecule has 1 spiro atoms. The number of nitrogens with one attached hydrogen (secondary N) is 2. The Hall–Kier alpha value is -3.18. The van der Waals surface area contributed by atoms with Crippen molar-refractivity contribution in [2.75, 3.05) is 39.4 Å². The van der Waals surface area contributed by atoms with Crippen molar-refractivity contribution in [3.05, 3.63) is 59.7 Å². The Labute approximate surface area is 284 Å². The molecule has 0 radical (unpaired) electrons. The molecule has 256 valence electrons. The topological polar surface area (TPSA) is 120 Å². The van der Waals surface area contributed by atoms with Gasteiger partial charge >= 0.3 is 0 Å². The number of amides is 3. The van der Waals surface area contributed by atoms with Gasteiger partial charge in [0.2, 0.25) is 11.8 Å². The number of rotatable bonds is 12. The number of aliphatic hydroxyl groups excluding tert-OH is 1.